The van der Waals surface area contributed by atoms with E-state index in [1.165, 1.54) is 23.5 Å². The van der Waals surface area contributed by atoms with Crippen LogP contribution in [-0.4, -0.2) is 5.78 Å². The fourth-order valence-corrected chi connectivity index (χ4v) is 3.02. The molecule has 0 fully saturated rings. The fourth-order valence-electron chi connectivity index (χ4n) is 1.67. The van der Waals surface area contributed by atoms with Crippen molar-refractivity contribution < 1.29 is 9.18 Å². The molecule has 0 atom stereocenters. The molecule has 1 heterocycles. The molecule has 0 bridgehead atoms. The first-order chi connectivity index (χ1) is 8.79. The molecule has 0 aliphatic rings. The van der Waals surface area contributed by atoms with Crippen molar-refractivity contribution in [1.29, 1.82) is 0 Å². The molecule has 0 saturated heterocycles. The molecule has 19 heavy (non-hydrogen) atoms. The largest absolute Gasteiger partial charge is 0.288 e. The highest BCUT2D eigenvalue weighted by atomic mass is 79.9. The third-order valence-corrected chi connectivity index (χ3v) is 4.75. The van der Waals surface area contributed by atoms with E-state index in [0.717, 1.165) is 4.88 Å². The van der Waals surface area contributed by atoms with Crippen molar-refractivity contribution in [2.24, 2.45) is 0 Å². The van der Waals surface area contributed by atoms with Crippen LogP contribution in [0.25, 0.3) is 0 Å². The summed E-state index contributed by atoms with van der Waals surface area (Å²) in [4.78, 5) is 14.0. The zero-order valence-electron chi connectivity index (χ0n) is 11.0. The van der Waals surface area contributed by atoms with Gasteiger partial charge in [-0.1, -0.05) is 36.7 Å². The van der Waals surface area contributed by atoms with Gasteiger partial charge in [0.2, 0.25) is 5.78 Å². The predicted molar refractivity (Wildman–Crippen MR) is 80.6 cm³/mol. The first kappa shape index (κ1) is 14.4. The molecule has 1 aromatic heterocycles. The summed E-state index contributed by atoms with van der Waals surface area (Å²) in [6, 6.07) is 8.21. The first-order valence-corrected chi connectivity index (χ1v) is 7.50. The van der Waals surface area contributed by atoms with Crippen LogP contribution in [0.15, 0.2) is 34.8 Å². The molecule has 0 spiro atoms. The van der Waals surface area contributed by atoms with Gasteiger partial charge in [-0.05, 0) is 35.7 Å². The predicted octanol–water partition coefficient (Wildman–Crippen LogP) is 5.18. The van der Waals surface area contributed by atoms with Crippen LogP contribution in [0, 0.1) is 5.82 Å². The highest BCUT2D eigenvalue weighted by Gasteiger charge is 2.20. The van der Waals surface area contributed by atoms with E-state index in [1.807, 2.05) is 6.07 Å². The maximum absolute atomic E-state index is 13.8. The van der Waals surface area contributed by atoms with E-state index in [2.05, 4.69) is 36.7 Å². The molecule has 1 aromatic carbocycles. The highest BCUT2D eigenvalue weighted by Crippen LogP contribution is 2.31. The van der Waals surface area contributed by atoms with Gasteiger partial charge in [0.1, 0.15) is 5.82 Å². The lowest BCUT2D eigenvalue weighted by Crippen LogP contribution is -2.08. The number of carbonyl (C=O) groups excluding carboxylic acids is 1. The Morgan fingerprint density at radius 1 is 1.21 bits per heavy atom. The Balaban J connectivity index is 2.37. The number of ketones is 1. The molecule has 4 heteroatoms. The minimum absolute atomic E-state index is 0.00145. The Labute approximate surface area is 124 Å². The first-order valence-electron chi connectivity index (χ1n) is 5.89. The summed E-state index contributed by atoms with van der Waals surface area (Å²) >= 11 is 4.61. The second-order valence-corrected chi connectivity index (χ2v) is 7.37. The molecule has 100 valence electrons. The van der Waals surface area contributed by atoms with Crippen LogP contribution < -0.4 is 0 Å². The standard InChI is InChI=1S/C15H14BrFOS/c1-15(2,3)13-7-6-12(19-13)14(18)10-5-4-9(16)8-11(10)17/h4-8H,1-3H3. The number of halogens is 2. The zero-order chi connectivity index (χ0) is 14.2. The lowest BCUT2D eigenvalue weighted by molar-refractivity contribution is 0.103. The molecule has 0 aliphatic carbocycles. The summed E-state index contributed by atoms with van der Waals surface area (Å²) in [5.41, 5.74) is 0.118. The molecule has 0 saturated carbocycles. The monoisotopic (exact) mass is 340 g/mol. The van der Waals surface area contributed by atoms with Gasteiger partial charge in [-0.3, -0.25) is 4.79 Å². The second-order valence-electron chi connectivity index (χ2n) is 5.37. The van der Waals surface area contributed by atoms with Crippen LogP contribution in [-0.2, 0) is 5.41 Å². The van der Waals surface area contributed by atoms with Gasteiger partial charge in [0.25, 0.3) is 0 Å². The maximum Gasteiger partial charge on any atom is 0.205 e. The minimum Gasteiger partial charge on any atom is -0.288 e. The van der Waals surface area contributed by atoms with Gasteiger partial charge in [-0.15, -0.1) is 11.3 Å². The number of hydrogen-bond donors (Lipinski definition) is 0. The summed E-state index contributed by atoms with van der Waals surface area (Å²) in [5.74, 6) is -0.754. The molecule has 2 aromatic rings. The summed E-state index contributed by atoms with van der Waals surface area (Å²) in [7, 11) is 0. The summed E-state index contributed by atoms with van der Waals surface area (Å²) in [6.45, 7) is 6.27. The number of benzene rings is 1. The lowest BCUT2D eigenvalue weighted by atomic mass is 9.95. The smallest absolute Gasteiger partial charge is 0.205 e. The molecular weight excluding hydrogens is 327 g/mol. The van der Waals surface area contributed by atoms with Crippen molar-refractivity contribution in [2.45, 2.75) is 26.2 Å². The normalized spacial score (nSPS) is 11.6. The van der Waals surface area contributed by atoms with Gasteiger partial charge in [0, 0.05) is 9.35 Å². The van der Waals surface area contributed by atoms with E-state index < -0.39 is 5.82 Å². The van der Waals surface area contributed by atoms with E-state index in [9.17, 15) is 9.18 Å². The van der Waals surface area contributed by atoms with E-state index in [4.69, 9.17) is 0 Å². The SMILES string of the molecule is CC(C)(C)c1ccc(C(=O)c2ccc(Br)cc2F)s1. The van der Waals surface area contributed by atoms with Gasteiger partial charge < -0.3 is 0 Å². The van der Waals surface area contributed by atoms with E-state index >= 15 is 0 Å². The van der Waals surface area contributed by atoms with Crippen molar-refractivity contribution in [3.63, 3.8) is 0 Å². The van der Waals surface area contributed by atoms with Crippen molar-refractivity contribution >= 4 is 33.0 Å². The Hall–Kier alpha value is -1.00. The third kappa shape index (κ3) is 3.12. The van der Waals surface area contributed by atoms with Gasteiger partial charge in [0.15, 0.2) is 0 Å². The quantitative estimate of drug-likeness (QED) is 0.688. The molecule has 0 radical (unpaired) electrons. The molecule has 0 unspecified atom stereocenters. The van der Waals surface area contributed by atoms with Crippen LogP contribution in [0.3, 0.4) is 0 Å². The fraction of sp³-hybridized carbons (Fsp3) is 0.267. The minimum atomic E-state index is -0.495. The van der Waals surface area contributed by atoms with E-state index in [-0.39, 0.29) is 16.8 Å². The summed E-state index contributed by atoms with van der Waals surface area (Å²) < 4.78 is 14.4. The Kier molecular flexibility index (Phi) is 3.92. The Morgan fingerprint density at radius 2 is 1.89 bits per heavy atom. The summed E-state index contributed by atoms with van der Waals surface area (Å²) in [6.07, 6.45) is 0. The third-order valence-electron chi connectivity index (χ3n) is 2.74. The Bertz CT molecular complexity index is 625. The van der Waals surface area contributed by atoms with Crippen molar-refractivity contribution in [3.05, 3.63) is 55.9 Å². The molecule has 0 aliphatic heterocycles. The topological polar surface area (TPSA) is 17.1 Å². The number of thiophene rings is 1. The maximum atomic E-state index is 13.8. The number of carbonyl (C=O) groups is 1. The van der Waals surface area contributed by atoms with Gasteiger partial charge in [-0.25, -0.2) is 4.39 Å². The average Bonchev–Trinajstić information content (AvgIpc) is 2.76. The van der Waals surface area contributed by atoms with Gasteiger partial charge in [0.05, 0.1) is 10.4 Å². The molecule has 0 amide bonds. The van der Waals surface area contributed by atoms with Crippen molar-refractivity contribution in [1.82, 2.24) is 0 Å². The van der Waals surface area contributed by atoms with Crippen LogP contribution >= 0.6 is 27.3 Å². The van der Waals surface area contributed by atoms with Crippen LogP contribution in [0.4, 0.5) is 4.39 Å². The second kappa shape index (κ2) is 5.17. The highest BCUT2D eigenvalue weighted by molar-refractivity contribution is 9.10. The van der Waals surface area contributed by atoms with Gasteiger partial charge in [-0.2, -0.15) is 0 Å². The zero-order valence-corrected chi connectivity index (χ0v) is 13.4. The molecule has 0 N–H and O–H groups in total. The van der Waals surface area contributed by atoms with Crippen molar-refractivity contribution in [2.75, 3.05) is 0 Å². The number of rotatable bonds is 2. The molecular formula is C15H14BrFOS. The Morgan fingerprint density at radius 3 is 2.42 bits per heavy atom. The molecule has 1 nitrogen and oxygen atoms in total. The number of hydrogen-bond acceptors (Lipinski definition) is 2. The van der Waals surface area contributed by atoms with Crippen LogP contribution in [0.2, 0.25) is 0 Å². The van der Waals surface area contributed by atoms with Crippen molar-refractivity contribution in [3.8, 4) is 0 Å². The average molecular weight is 341 g/mol. The summed E-state index contributed by atoms with van der Waals surface area (Å²) in [5, 5.41) is 0. The van der Waals surface area contributed by atoms with Gasteiger partial charge >= 0.3 is 0 Å². The molecule has 2 rings (SSSR count). The van der Waals surface area contributed by atoms with E-state index in [1.54, 1.807) is 12.1 Å². The van der Waals surface area contributed by atoms with E-state index in [0.29, 0.717) is 9.35 Å². The lowest BCUT2D eigenvalue weighted by Gasteiger charge is -2.15. The van der Waals surface area contributed by atoms with Crippen LogP contribution in [0.5, 0.6) is 0 Å². The van der Waals surface area contributed by atoms with Crippen LogP contribution in [0.1, 0.15) is 40.9 Å².